The highest BCUT2D eigenvalue weighted by Gasteiger charge is 2.25. The quantitative estimate of drug-likeness (QED) is 0.0610. The van der Waals surface area contributed by atoms with Crippen molar-refractivity contribution in [2.24, 2.45) is 0 Å². The van der Waals surface area contributed by atoms with Gasteiger partial charge in [-0.25, -0.2) is 4.79 Å². The van der Waals surface area contributed by atoms with Crippen molar-refractivity contribution in [1.82, 2.24) is 19.8 Å². The van der Waals surface area contributed by atoms with Crippen molar-refractivity contribution >= 4 is 63.2 Å². The lowest BCUT2D eigenvalue weighted by molar-refractivity contribution is -0.143. The summed E-state index contributed by atoms with van der Waals surface area (Å²) < 4.78 is 14.4. The average Bonchev–Trinajstić information content (AvgIpc) is 3.85. The van der Waals surface area contributed by atoms with Crippen LogP contribution in [0.25, 0.3) is 27.9 Å². The van der Waals surface area contributed by atoms with Crippen LogP contribution < -0.4 is 10.6 Å². The van der Waals surface area contributed by atoms with E-state index in [-0.39, 0.29) is 67.6 Å². The third-order valence-electron chi connectivity index (χ3n) is 12.6. The molecule has 2 aliphatic carbocycles. The number of rotatable bonds is 19. The number of nitrogens with one attached hydrogen (secondary N) is 2. The number of hydrogen-bond acceptors (Lipinski definition) is 9. The first kappa shape index (κ1) is 59.0. The number of nitrogens with zero attached hydrogens (tertiary/aromatic N) is 2. The van der Waals surface area contributed by atoms with E-state index in [1.165, 1.54) is 6.08 Å². The van der Waals surface area contributed by atoms with E-state index in [2.05, 4.69) is 85.7 Å². The second-order valence-corrected chi connectivity index (χ2v) is 19.4. The molecule has 0 atom stereocenters. The van der Waals surface area contributed by atoms with E-state index in [1.807, 2.05) is 46.0 Å². The predicted octanol–water partition coefficient (Wildman–Crippen LogP) is 11.6. The number of aryl methyl sites for hydroxylation is 3. The van der Waals surface area contributed by atoms with Crippen molar-refractivity contribution in [3.05, 3.63) is 122 Å². The maximum Gasteiger partial charge on any atom is 0.330 e. The van der Waals surface area contributed by atoms with Gasteiger partial charge in [0.1, 0.15) is 0 Å². The first-order valence-electron chi connectivity index (χ1n) is 26.0. The molecule has 4 aromatic rings. The summed E-state index contributed by atoms with van der Waals surface area (Å²) in [6, 6.07) is 8.14. The van der Waals surface area contributed by atoms with Gasteiger partial charge in [0.2, 0.25) is 0 Å². The Balaban J connectivity index is 0.000000300. The molecule has 73 heavy (non-hydrogen) atoms. The molecule has 394 valence electrons. The zero-order valence-electron chi connectivity index (χ0n) is 45.7. The first-order valence-corrected chi connectivity index (χ1v) is 26.0. The highest BCUT2D eigenvalue weighted by molar-refractivity contribution is 6.10. The highest BCUT2D eigenvalue weighted by atomic mass is 16.5. The number of benzene rings is 2. The van der Waals surface area contributed by atoms with E-state index in [0.717, 1.165) is 92.0 Å². The Bertz CT molecular complexity index is 2840. The molecule has 3 N–H and O–H groups in total. The van der Waals surface area contributed by atoms with Crippen LogP contribution in [0.3, 0.4) is 0 Å². The lowest BCUT2D eigenvalue weighted by atomic mass is 9.89. The molecule has 2 heterocycles. The molecular weight excluding hydrogens is 921 g/mol. The third kappa shape index (κ3) is 15.7. The molecule has 0 saturated carbocycles. The molecule has 2 aliphatic rings. The zero-order valence-corrected chi connectivity index (χ0v) is 45.7. The van der Waals surface area contributed by atoms with Crippen LogP contribution in [0, 0.1) is 13.8 Å². The van der Waals surface area contributed by atoms with Gasteiger partial charge in [0, 0.05) is 114 Å². The molecule has 0 spiro atoms. The topological polar surface area (TPSA) is 175 Å². The van der Waals surface area contributed by atoms with E-state index >= 15 is 0 Å². The maximum atomic E-state index is 13.5. The molecule has 0 radical (unpaired) electrons. The molecule has 2 aromatic carbocycles. The number of ketones is 2. The standard InChI is InChI=1S/C29H38N2O4.C29H36N2O4.C2H6O/c2*1-7-9-22-12-19(5)13-26(32)24(22)16-30-29(34)23-14-21(10-11-27(33)35-8-2)15-25-28(23)20(6)17-31(25)18(3)4;1-2-3/h12,14-15,17-18H,7-11,13,16H2,1-6H3,(H,30,34);10-12,14-15,17-18H,7-9,13,16H2,1-6H3,(H,30,34);3H,2H2,1H3/b;11-10+;. The molecule has 2 aromatic heterocycles. The zero-order chi connectivity index (χ0) is 54.1. The summed E-state index contributed by atoms with van der Waals surface area (Å²) in [4.78, 5) is 76.3. The van der Waals surface area contributed by atoms with Crippen LogP contribution >= 0.6 is 0 Å². The van der Waals surface area contributed by atoms with E-state index in [4.69, 9.17) is 14.6 Å². The summed E-state index contributed by atoms with van der Waals surface area (Å²) in [5, 5.41) is 15.4. The van der Waals surface area contributed by atoms with Crippen molar-refractivity contribution < 1.29 is 43.3 Å². The number of aromatic nitrogens is 2. The summed E-state index contributed by atoms with van der Waals surface area (Å²) in [6.07, 6.45) is 16.4. The Labute approximate surface area is 432 Å². The van der Waals surface area contributed by atoms with Crippen LogP contribution in [0.15, 0.2) is 88.3 Å². The van der Waals surface area contributed by atoms with Crippen LogP contribution in [0.1, 0.15) is 176 Å². The number of fused-ring (bicyclic) bond motifs is 2. The minimum atomic E-state index is -0.427. The lowest BCUT2D eigenvalue weighted by Gasteiger charge is -2.19. The van der Waals surface area contributed by atoms with Gasteiger partial charge < -0.3 is 34.3 Å². The van der Waals surface area contributed by atoms with Gasteiger partial charge in [-0.3, -0.25) is 24.0 Å². The number of aliphatic hydroxyl groups is 1. The predicted molar refractivity (Wildman–Crippen MR) is 293 cm³/mol. The summed E-state index contributed by atoms with van der Waals surface area (Å²) in [5.41, 5.74) is 12.2. The van der Waals surface area contributed by atoms with E-state index in [9.17, 15) is 28.8 Å². The van der Waals surface area contributed by atoms with Gasteiger partial charge in [0.25, 0.3) is 11.8 Å². The van der Waals surface area contributed by atoms with Crippen molar-refractivity contribution in [2.45, 2.75) is 153 Å². The largest absolute Gasteiger partial charge is 0.466 e. The maximum absolute atomic E-state index is 13.5. The Morgan fingerprint density at radius 1 is 0.658 bits per heavy atom. The van der Waals surface area contributed by atoms with Crippen molar-refractivity contribution in [3.8, 4) is 0 Å². The lowest BCUT2D eigenvalue weighted by Crippen LogP contribution is -2.30. The fraction of sp³-hybridized carbons (Fsp3) is 0.467. The SMILES string of the molecule is CCCC1=C(CNC(=O)c2cc(/C=C/C(=O)OCC)cc3c2c(C)cn3C(C)C)C(=O)CC(C)=C1.CCCC1=C(CNC(=O)c2cc(CCC(=O)OCC)cc3c2c(C)cn3C(C)C)C(=O)CC(C)=C1.CCO. The number of amides is 2. The Kier molecular flexibility index (Phi) is 22.6. The van der Waals surface area contributed by atoms with Gasteiger partial charge in [-0.1, -0.05) is 50.0 Å². The van der Waals surface area contributed by atoms with Gasteiger partial charge in [-0.15, -0.1) is 0 Å². The number of allylic oxidation sites excluding steroid dienone is 6. The van der Waals surface area contributed by atoms with Gasteiger partial charge in [0.05, 0.1) is 13.2 Å². The molecule has 13 heteroatoms. The van der Waals surface area contributed by atoms with Crippen LogP contribution in [0.5, 0.6) is 0 Å². The second kappa shape index (κ2) is 28.0. The Morgan fingerprint density at radius 2 is 1.11 bits per heavy atom. The average molecular weight is 1000 g/mol. The molecule has 0 saturated heterocycles. The highest BCUT2D eigenvalue weighted by Crippen LogP contribution is 2.32. The van der Waals surface area contributed by atoms with Crippen LogP contribution in [-0.2, 0) is 35.1 Å². The number of carbonyl (C=O) groups excluding carboxylic acids is 6. The van der Waals surface area contributed by atoms with E-state index < -0.39 is 5.97 Å². The third-order valence-corrected chi connectivity index (χ3v) is 12.6. The molecule has 13 nitrogen and oxygen atoms in total. The summed E-state index contributed by atoms with van der Waals surface area (Å²) in [6.45, 7) is 27.1. The number of Topliss-reactive ketones (excluding diaryl/α,β-unsaturated/α-hetero) is 2. The molecule has 0 fully saturated rings. The minimum absolute atomic E-state index is 0.0761. The van der Waals surface area contributed by atoms with Gasteiger partial charge in [0.15, 0.2) is 11.6 Å². The summed E-state index contributed by atoms with van der Waals surface area (Å²) >= 11 is 0. The number of ether oxygens (including phenoxy) is 2. The van der Waals surface area contributed by atoms with Gasteiger partial charge in [-0.2, -0.15) is 0 Å². The van der Waals surface area contributed by atoms with Crippen LogP contribution in [0.2, 0.25) is 0 Å². The normalized spacial score (nSPS) is 13.8. The number of aliphatic hydroxyl groups excluding tert-OH is 1. The number of carbonyl (C=O) groups is 6. The Morgan fingerprint density at radius 3 is 1.55 bits per heavy atom. The molecule has 0 aliphatic heterocycles. The van der Waals surface area contributed by atoms with Crippen molar-refractivity contribution in [1.29, 1.82) is 0 Å². The van der Waals surface area contributed by atoms with Crippen molar-refractivity contribution in [3.63, 3.8) is 0 Å². The van der Waals surface area contributed by atoms with Gasteiger partial charge >= 0.3 is 11.9 Å². The Hall–Kier alpha value is -6.60. The van der Waals surface area contributed by atoms with E-state index in [1.54, 1.807) is 32.9 Å². The summed E-state index contributed by atoms with van der Waals surface area (Å²) in [7, 11) is 0. The molecule has 0 bridgehead atoms. The molecular formula is C60H80N4O9. The number of esters is 2. The van der Waals surface area contributed by atoms with Crippen LogP contribution in [-0.4, -0.2) is 82.5 Å². The van der Waals surface area contributed by atoms with Crippen molar-refractivity contribution in [2.75, 3.05) is 32.9 Å². The minimum Gasteiger partial charge on any atom is -0.466 e. The smallest absolute Gasteiger partial charge is 0.330 e. The summed E-state index contributed by atoms with van der Waals surface area (Å²) in [5.74, 6) is -0.961. The fourth-order valence-electron chi connectivity index (χ4n) is 9.43. The van der Waals surface area contributed by atoms with Crippen LogP contribution in [0.4, 0.5) is 0 Å². The van der Waals surface area contributed by atoms with E-state index in [0.29, 0.717) is 54.7 Å². The monoisotopic (exact) mass is 1000 g/mol. The second-order valence-electron chi connectivity index (χ2n) is 19.4. The molecule has 6 rings (SSSR count). The van der Waals surface area contributed by atoms with Gasteiger partial charge in [-0.05, 0) is 159 Å². The number of hydrogen-bond donors (Lipinski definition) is 3. The fourth-order valence-corrected chi connectivity index (χ4v) is 9.43. The molecule has 0 unspecified atom stereocenters. The molecule has 2 amide bonds. The first-order chi connectivity index (χ1) is 34.7.